The zero-order chi connectivity index (χ0) is 26.7. The number of amidine groups is 2. The summed E-state index contributed by atoms with van der Waals surface area (Å²) in [6.07, 6.45) is 7.60. The summed E-state index contributed by atoms with van der Waals surface area (Å²) in [6.45, 7) is 7.41. The monoisotopic (exact) mass is 530 g/mol. The van der Waals surface area contributed by atoms with E-state index in [0.717, 1.165) is 29.2 Å². The van der Waals surface area contributed by atoms with Gasteiger partial charge in [0.2, 0.25) is 5.17 Å². The van der Waals surface area contributed by atoms with Crippen LogP contribution in [0.5, 0.6) is 11.5 Å². The minimum absolute atomic E-state index is 0.0753. The molecule has 1 fully saturated rings. The van der Waals surface area contributed by atoms with Crippen molar-refractivity contribution in [3.05, 3.63) is 65.2 Å². The molecule has 198 valence electrons. The number of carbonyl (C=O) groups is 1. The van der Waals surface area contributed by atoms with Gasteiger partial charge in [-0.1, -0.05) is 64.3 Å². The molecule has 0 spiro atoms. The Kier molecular flexibility index (Phi) is 7.70. The third-order valence-corrected chi connectivity index (χ3v) is 8.03. The number of nitrogens with one attached hydrogen (secondary N) is 1. The third-order valence-electron chi connectivity index (χ3n) is 6.96. The Balaban J connectivity index is 1.16. The highest BCUT2D eigenvalue weighted by Crippen LogP contribution is 2.36. The van der Waals surface area contributed by atoms with Gasteiger partial charge in [0.25, 0.3) is 5.91 Å². The fourth-order valence-electron chi connectivity index (χ4n) is 4.72. The molecule has 0 radical (unpaired) electrons. The number of benzene rings is 2. The molecule has 1 amide bonds. The van der Waals surface area contributed by atoms with Crippen molar-refractivity contribution in [1.82, 2.24) is 5.01 Å². The number of aliphatic imine (C=N–C) groups is 1. The predicted octanol–water partition coefficient (Wildman–Crippen LogP) is 6.64. The van der Waals surface area contributed by atoms with Crippen LogP contribution in [0.4, 0.5) is 0 Å². The number of thioether (sulfide) groups is 1. The summed E-state index contributed by atoms with van der Waals surface area (Å²) >= 11 is 1.44. The van der Waals surface area contributed by atoms with Gasteiger partial charge in [0, 0.05) is 5.92 Å². The number of fused-ring (bicyclic) bond motifs is 1. The molecule has 0 unspecified atom stereocenters. The van der Waals surface area contributed by atoms with Crippen LogP contribution in [0.25, 0.3) is 6.08 Å². The van der Waals surface area contributed by atoms with Gasteiger partial charge >= 0.3 is 0 Å². The molecule has 2 aliphatic heterocycles. The lowest BCUT2D eigenvalue weighted by Gasteiger charge is -2.20. The average Bonchev–Trinajstić information content (AvgIpc) is 3.34. The number of hydrogen-bond donors (Lipinski definition) is 1. The number of hydrogen-bond acceptors (Lipinski definition) is 6. The molecule has 0 atom stereocenters. The van der Waals surface area contributed by atoms with E-state index in [2.05, 4.69) is 43.0 Å². The maximum atomic E-state index is 12.7. The number of carbonyl (C=O) groups excluding carboxylic acids is 1. The summed E-state index contributed by atoms with van der Waals surface area (Å²) in [7, 11) is 0. The maximum Gasteiger partial charge on any atom is 0.283 e. The predicted molar refractivity (Wildman–Crippen MR) is 154 cm³/mol. The highest BCUT2D eigenvalue weighted by molar-refractivity contribution is 8.27. The van der Waals surface area contributed by atoms with E-state index in [1.54, 1.807) is 6.08 Å². The van der Waals surface area contributed by atoms with Gasteiger partial charge in [0.15, 0.2) is 5.84 Å². The summed E-state index contributed by atoms with van der Waals surface area (Å²) < 4.78 is 11.6. The Bertz CT molecular complexity index is 1280. The van der Waals surface area contributed by atoms with Crippen molar-refractivity contribution in [2.75, 3.05) is 13.2 Å². The van der Waals surface area contributed by atoms with Crippen LogP contribution in [0, 0.1) is 11.3 Å². The SMILES string of the molecule is CC(C)(C)c1ccc(OCCOc2ccc(/C=C3/C(=N)N4N=C(C5CCCCC5)SC4=NC3=O)cc2)cc1. The van der Waals surface area contributed by atoms with Gasteiger partial charge in [0.05, 0.1) is 5.57 Å². The summed E-state index contributed by atoms with van der Waals surface area (Å²) in [4.78, 5) is 17.0. The van der Waals surface area contributed by atoms with Crippen LogP contribution in [0.15, 0.2) is 64.2 Å². The van der Waals surface area contributed by atoms with Gasteiger partial charge in [-0.15, -0.1) is 0 Å². The number of nitrogens with zero attached hydrogens (tertiary/aromatic N) is 3. The van der Waals surface area contributed by atoms with Gasteiger partial charge in [-0.25, -0.2) is 0 Å². The lowest BCUT2D eigenvalue weighted by molar-refractivity contribution is -0.114. The molecule has 3 aliphatic rings. The second-order valence-electron chi connectivity index (χ2n) is 10.8. The molecule has 2 aromatic carbocycles. The molecular weight excluding hydrogens is 496 g/mol. The van der Waals surface area contributed by atoms with E-state index in [0.29, 0.717) is 30.0 Å². The van der Waals surface area contributed by atoms with E-state index in [-0.39, 0.29) is 16.8 Å². The number of hydrazone groups is 1. The summed E-state index contributed by atoms with van der Waals surface area (Å²) in [5.74, 6) is 1.61. The first kappa shape index (κ1) is 26.2. The normalized spacial score (nSPS) is 19.3. The molecule has 1 N–H and O–H groups in total. The Morgan fingerprint density at radius 3 is 2.18 bits per heavy atom. The third kappa shape index (κ3) is 6.01. The van der Waals surface area contributed by atoms with Crippen molar-refractivity contribution in [1.29, 1.82) is 5.41 Å². The lowest BCUT2D eigenvalue weighted by Crippen LogP contribution is -2.35. The molecule has 7 nitrogen and oxygen atoms in total. The smallest absolute Gasteiger partial charge is 0.283 e. The van der Waals surface area contributed by atoms with Crippen LogP contribution in [0.1, 0.15) is 64.0 Å². The van der Waals surface area contributed by atoms with Crippen molar-refractivity contribution in [2.45, 2.75) is 58.3 Å². The molecule has 8 heteroatoms. The number of ether oxygens (including phenoxy) is 2. The van der Waals surface area contributed by atoms with Crippen LogP contribution < -0.4 is 9.47 Å². The fourth-order valence-corrected chi connectivity index (χ4v) is 5.78. The van der Waals surface area contributed by atoms with Crippen LogP contribution in [-0.2, 0) is 10.2 Å². The molecule has 0 bridgehead atoms. The van der Waals surface area contributed by atoms with Crippen molar-refractivity contribution in [3.8, 4) is 11.5 Å². The minimum atomic E-state index is -0.401. The van der Waals surface area contributed by atoms with Crippen molar-refractivity contribution < 1.29 is 14.3 Å². The van der Waals surface area contributed by atoms with Crippen LogP contribution in [0.3, 0.4) is 0 Å². The van der Waals surface area contributed by atoms with Crippen LogP contribution in [0.2, 0.25) is 0 Å². The summed E-state index contributed by atoms with van der Waals surface area (Å²) in [5.41, 5.74) is 2.42. The van der Waals surface area contributed by atoms with Gasteiger partial charge in [-0.05, 0) is 71.5 Å². The fraction of sp³-hybridized carbons (Fsp3) is 0.400. The Morgan fingerprint density at radius 2 is 1.58 bits per heavy atom. The summed E-state index contributed by atoms with van der Waals surface area (Å²) in [5, 5.41) is 16.3. The summed E-state index contributed by atoms with van der Waals surface area (Å²) in [6, 6.07) is 15.6. The van der Waals surface area contributed by atoms with Gasteiger partial charge < -0.3 is 9.47 Å². The highest BCUT2D eigenvalue weighted by atomic mass is 32.2. The zero-order valence-corrected chi connectivity index (χ0v) is 23.0. The Labute approximate surface area is 228 Å². The van der Waals surface area contributed by atoms with Crippen LogP contribution >= 0.6 is 11.8 Å². The largest absolute Gasteiger partial charge is 0.490 e. The second-order valence-corrected chi connectivity index (χ2v) is 11.8. The van der Waals surface area contributed by atoms with E-state index < -0.39 is 5.91 Å². The Morgan fingerprint density at radius 1 is 0.974 bits per heavy atom. The van der Waals surface area contributed by atoms with Gasteiger partial charge in [-0.3, -0.25) is 10.2 Å². The van der Waals surface area contributed by atoms with E-state index in [9.17, 15) is 4.79 Å². The van der Waals surface area contributed by atoms with Gasteiger partial charge in [0.1, 0.15) is 29.8 Å². The molecule has 5 rings (SSSR count). The first-order valence-electron chi connectivity index (χ1n) is 13.2. The van der Waals surface area contributed by atoms with Crippen molar-refractivity contribution >= 4 is 39.8 Å². The molecule has 38 heavy (non-hydrogen) atoms. The molecule has 2 heterocycles. The van der Waals surface area contributed by atoms with Crippen LogP contribution in [-0.4, -0.2) is 40.2 Å². The molecule has 1 aliphatic carbocycles. The van der Waals surface area contributed by atoms with E-state index in [4.69, 9.17) is 14.9 Å². The molecule has 2 aromatic rings. The molecule has 0 aromatic heterocycles. The lowest BCUT2D eigenvalue weighted by atomic mass is 9.87. The van der Waals surface area contributed by atoms with E-state index in [1.165, 1.54) is 41.6 Å². The standard InChI is InChI=1S/C30H34N4O3S/c1-30(2,3)22-11-15-24(16-12-22)37-18-17-36-23-13-9-20(10-14-23)19-25-26(31)34-29(32-27(25)35)38-28(33-34)21-7-5-4-6-8-21/h9-16,19,21,31H,4-8,17-18H2,1-3H3/b25-19-,31-26?. The quantitative estimate of drug-likeness (QED) is 0.320. The highest BCUT2D eigenvalue weighted by Gasteiger charge is 2.37. The number of amides is 1. The minimum Gasteiger partial charge on any atom is -0.490 e. The van der Waals surface area contributed by atoms with Gasteiger partial charge in [-0.2, -0.15) is 15.1 Å². The van der Waals surface area contributed by atoms with Crippen molar-refractivity contribution in [3.63, 3.8) is 0 Å². The van der Waals surface area contributed by atoms with E-state index >= 15 is 0 Å². The Hall–Kier alpha value is -3.39. The zero-order valence-electron chi connectivity index (χ0n) is 22.2. The maximum absolute atomic E-state index is 12.7. The molecule has 0 saturated heterocycles. The topological polar surface area (TPSA) is 87.3 Å². The average molecular weight is 531 g/mol. The van der Waals surface area contributed by atoms with E-state index in [1.807, 2.05) is 36.4 Å². The second kappa shape index (κ2) is 11.2. The first-order valence-corrected chi connectivity index (χ1v) is 14.1. The van der Waals surface area contributed by atoms with Crippen molar-refractivity contribution in [2.24, 2.45) is 16.0 Å². The number of rotatable bonds is 7. The first-order chi connectivity index (χ1) is 18.3. The molecular formula is C30H34N4O3S. The molecule has 1 saturated carbocycles.